The Morgan fingerprint density at radius 2 is 1.82 bits per heavy atom. The van der Waals surface area contributed by atoms with E-state index in [2.05, 4.69) is 0 Å². The van der Waals surface area contributed by atoms with Crippen molar-refractivity contribution in [3.8, 4) is 0 Å². The van der Waals surface area contributed by atoms with Crippen LogP contribution in [0.15, 0.2) is 24.3 Å². The van der Waals surface area contributed by atoms with Gasteiger partial charge in [0.2, 0.25) is 0 Å². The third kappa shape index (κ3) is 3.45. The average molecular weight is 329 g/mol. The van der Waals surface area contributed by atoms with Gasteiger partial charge in [0.05, 0.1) is 5.56 Å². The molecule has 0 atom stereocenters. The first-order valence-corrected chi connectivity index (χ1v) is 8.45. The fourth-order valence-electron chi connectivity index (χ4n) is 2.36. The van der Waals surface area contributed by atoms with Crippen LogP contribution < -0.4 is 0 Å². The molecule has 0 saturated carbocycles. The van der Waals surface area contributed by atoms with Crippen LogP contribution in [0.1, 0.15) is 16.8 Å². The minimum Gasteiger partial charge on any atom is -0.337 e. The minimum absolute atomic E-state index is 0.0198. The predicted molar refractivity (Wildman–Crippen MR) is 81.1 cm³/mol. The van der Waals surface area contributed by atoms with E-state index in [0.29, 0.717) is 19.5 Å². The van der Waals surface area contributed by atoms with E-state index < -0.39 is 21.9 Å². The van der Waals surface area contributed by atoms with Crippen LogP contribution in [0.25, 0.3) is 0 Å². The second-order valence-corrected chi connectivity index (χ2v) is 7.46. The molecule has 0 aromatic heterocycles. The molecule has 1 aromatic carbocycles. The molecule has 0 unspecified atom stereocenters. The van der Waals surface area contributed by atoms with Gasteiger partial charge in [-0.15, -0.1) is 0 Å². The summed E-state index contributed by atoms with van der Waals surface area (Å²) in [6, 6.07) is 5.82. The maximum absolute atomic E-state index is 13.7. The van der Waals surface area contributed by atoms with Gasteiger partial charge in [0.15, 0.2) is 0 Å². The van der Waals surface area contributed by atoms with Crippen molar-refractivity contribution in [2.24, 2.45) is 0 Å². The van der Waals surface area contributed by atoms with Gasteiger partial charge in [-0.1, -0.05) is 12.1 Å². The second kappa shape index (κ2) is 6.72. The molecule has 0 bridgehead atoms. The summed E-state index contributed by atoms with van der Waals surface area (Å²) < 4.78 is 40.5. The highest BCUT2D eigenvalue weighted by molar-refractivity contribution is 7.86. The highest BCUT2D eigenvalue weighted by atomic mass is 32.2. The van der Waals surface area contributed by atoms with E-state index >= 15 is 0 Å². The number of halogens is 1. The molecule has 2 rings (SSSR count). The van der Waals surface area contributed by atoms with Crippen molar-refractivity contribution in [3.05, 3.63) is 35.6 Å². The highest BCUT2D eigenvalue weighted by Crippen LogP contribution is 2.14. The molecule has 0 radical (unpaired) electrons. The molecule has 1 aliphatic rings. The van der Waals surface area contributed by atoms with Gasteiger partial charge in [-0.2, -0.15) is 17.0 Å². The molecule has 6 nitrogen and oxygen atoms in total. The zero-order valence-electron chi connectivity index (χ0n) is 12.7. The van der Waals surface area contributed by atoms with E-state index in [-0.39, 0.29) is 18.7 Å². The van der Waals surface area contributed by atoms with Crippen LogP contribution >= 0.6 is 0 Å². The first-order valence-electron chi connectivity index (χ1n) is 7.05. The molecule has 22 heavy (non-hydrogen) atoms. The Balaban J connectivity index is 2.11. The van der Waals surface area contributed by atoms with Gasteiger partial charge in [-0.3, -0.25) is 4.79 Å². The lowest BCUT2D eigenvalue weighted by Crippen LogP contribution is -2.42. The summed E-state index contributed by atoms with van der Waals surface area (Å²) in [7, 11) is -0.541. The Kier molecular flexibility index (Phi) is 5.15. The van der Waals surface area contributed by atoms with Crippen LogP contribution in [0.3, 0.4) is 0 Å². The number of amides is 1. The average Bonchev–Trinajstić information content (AvgIpc) is 2.73. The van der Waals surface area contributed by atoms with Gasteiger partial charge in [-0.25, -0.2) is 4.39 Å². The number of benzene rings is 1. The SMILES string of the molecule is CN(C)S(=O)(=O)N1CCCN(C(=O)c2ccccc2F)CC1. The molecule has 1 amide bonds. The zero-order chi connectivity index (χ0) is 16.3. The molecule has 122 valence electrons. The molecule has 1 aromatic rings. The van der Waals surface area contributed by atoms with E-state index in [0.717, 1.165) is 4.31 Å². The van der Waals surface area contributed by atoms with Gasteiger partial charge < -0.3 is 4.90 Å². The molecule has 1 heterocycles. The molecule has 1 fully saturated rings. The van der Waals surface area contributed by atoms with Crippen molar-refractivity contribution in [1.82, 2.24) is 13.5 Å². The van der Waals surface area contributed by atoms with E-state index in [1.807, 2.05) is 0 Å². The normalized spacial score (nSPS) is 17.5. The quantitative estimate of drug-likeness (QED) is 0.823. The highest BCUT2D eigenvalue weighted by Gasteiger charge is 2.29. The number of carbonyl (C=O) groups excluding carboxylic acids is 1. The van der Waals surface area contributed by atoms with Crippen LogP contribution in [-0.4, -0.2) is 68.1 Å². The second-order valence-electron chi connectivity index (χ2n) is 5.31. The van der Waals surface area contributed by atoms with E-state index in [1.54, 1.807) is 6.07 Å². The topological polar surface area (TPSA) is 60.9 Å². The van der Waals surface area contributed by atoms with Crippen LogP contribution in [0, 0.1) is 5.82 Å². The molecular weight excluding hydrogens is 309 g/mol. The predicted octanol–water partition coefficient (Wildman–Crippen LogP) is 0.780. The molecule has 1 saturated heterocycles. The third-order valence-electron chi connectivity index (χ3n) is 3.63. The number of rotatable bonds is 3. The maximum atomic E-state index is 13.7. The van der Waals surface area contributed by atoms with E-state index in [1.165, 1.54) is 41.5 Å². The smallest absolute Gasteiger partial charge is 0.281 e. The number of nitrogens with zero attached hydrogens (tertiary/aromatic N) is 3. The Morgan fingerprint density at radius 3 is 2.45 bits per heavy atom. The molecular formula is C14H20FN3O3S. The first kappa shape index (κ1) is 16.9. The lowest BCUT2D eigenvalue weighted by molar-refractivity contribution is 0.0759. The van der Waals surface area contributed by atoms with Crippen LogP contribution in [0.4, 0.5) is 4.39 Å². The maximum Gasteiger partial charge on any atom is 0.281 e. The Morgan fingerprint density at radius 1 is 1.14 bits per heavy atom. The van der Waals surface area contributed by atoms with Gasteiger partial charge in [-0.05, 0) is 18.6 Å². The summed E-state index contributed by atoms with van der Waals surface area (Å²) in [5.41, 5.74) is 0.0198. The molecule has 0 spiro atoms. The summed E-state index contributed by atoms with van der Waals surface area (Å²) in [4.78, 5) is 13.9. The minimum atomic E-state index is -3.49. The van der Waals surface area contributed by atoms with E-state index in [4.69, 9.17) is 0 Å². The number of carbonyl (C=O) groups is 1. The van der Waals surface area contributed by atoms with Crippen molar-refractivity contribution in [2.75, 3.05) is 40.3 Å². The number of hydrogen-bond acceptors (Lipinski definition) is 3. The van der Waals surface area contributed by atoms with Crippen molar-refractivity contribution >= 4 is 16.1 Å². The summed E-state index contributed by atoms with van der Waals surface area (Å²) >= 11 is 0. The van der Waals surface area contributed by atoms with Gasteiger partial charge >= 0.3 is 0 Å². The van der Waals surface area contributed by atoms with Gasteiger partial charge in [0.1, 0.15) is 5.82 Å². The van der Waals surface area contributed by atoms with Crippen molar-refractivity contribution in [2.45, 2.75) is 6.42 Å². The summed E-state index contributed by atoms with van der Waals surface area (Å²) in [6.45, 7) is 1.22. The van der Waals surface area contributed by atoms with Gasteiger partial charge in [0, 0.05) is 40.3 Å². The van der Waals surface area contributed by atoms with Crippen LogP contribution in [-0.2, 0) is 10.2 Å². The largest absolute Gasteiger partial charge is 0.337 e. The Labute approximate surface area is 130 Å². The lowest BCUT2D eigenvalue weighted by atomic mass is 10.2. The summed E-state index contributed by atoms with van der Waals surface area (Å²) in [6.07, 6.45) is 0.521. The summed E-state index contributed by atoms with van der Waals surface area (Å²) in [5.74, 6) is -0.961. The monoisotopic (exact) mass is 329 g/mol. The van der Waals surface area contributed by atoms with Crippen LogP contribution in [0.2, 0.25) is 0 Å². The third-order valence-corrected chi connectivity index (χ3v) is 5.57. The Bertz CT molecular complexity index is 648. The van der Waals surface area contributed by atoms with Crippen molar-refractivity contribution in [3.63, 3.8) is 0 Å². The standard InChI is InChI=1S/C14H20FN3O3S/c1-16(2)22(20,21)18-9-5-8-17(10-11-18)14(19)12-6-3-4-7-13(12)15/h3-4,6-7H,5,8-11H2,1-2H3. The fourth-order valence-corrected chi connectivity index (χ4v) is 3.50. The summed E-state index contributed by atoms with van der Waals surface area (Å²) in [5, 5.41) is 0. The van der Waals surface area contributed by atoms with Crippen molar-refractivity contribution in [1.29, 1.82) is 0 Å². The van der Waals surface area contributed by atoms with Gasteiger partial charge in [0.25, 0.3) is 16.1 Å². The lowest BCUT2D eigenvalue weighted by Gasteiger charge is -2.24. The Hall–Kier alpha value is -1.51. The molecule has 0 aliphatic carbocycles. The van der Waals surface area contributed by atoms with Crippen LogP contribution in [0.5, 0.6) is 0 Å². The molecule has 0 N–H and O–H groups in total. The molecule has 8 heteroatoms. The number of hydrogen-bond donors (Lipinski definition) is 0. The first-order chi connectivity index (χ1) is 10.3. The molecule has 1 aliphatic heterocycles. The van der Waals surface area contributed by atoms with Crippen molar-refractivity contribution < 1.29 is 17.6 Å². The van der Waals surface area contributed by atoms with E-state index in [9.17, 15) is 17.6 Å². The fraction of sp³-hybridized carbons (Fsp3) is 0.500. The zero-order valence-corrected chi connectivity index (χ0v) is 13.5.